The zero-order valence-electron chi connectivity index (χ0n) is 11.6. The fourth-order valence-electron chi connectivity index (χ4n) is 1.68. The summed E-state index contributed by atoms with van der Waals surface area (Å²) < 4.78 is 7.19. The molecule has 0 bridgehead atoms. The second-order valence-corrected chi connectivity index (χ2v) is 4.34. The van der Waals surface area contributed by atoms with Gasteiger partial charge >= 0.3 is 6.03 Å². The van der Waals surface area contributed by atoms with E-state index in [1.807, 2.05) is 43.1 Å². The highest BCUT2D eigenvalue weighted by Gasteiger charge is 2.19. The summed E-state index contributed by atoms with van der Waals surface area (Å²) in [6.07, 6.45) is 5.49. The molecular weight excluding hydrogens is 258 g/mol. The minimum atomic E-state index is -0.346. The molecule has 0 radical (unpaired) electrons. The number of carbonyl (C=O) groups is 1. The third-order valence-corrected chi connectivity index (χ3v) is 2.66. The van der Waals surface area contributed by atoms with Gasteiger partial charge in [-0.25, -0.2) is 19.8 Å². The molecule has 7 heteroatoms. The molecule has 1 aliphatic rings. The standard InChI is InChI=1S/C13H17N5O2/c1-3-20-10-12-9-18(13(19)16-15-12)14-7-11-5-4-6-17(2)8-11/h4-8H,3,9-10H2,1-2H3/p+1/b14-7-. The molecule has 0 aliphatic carbocycles. The van der Waals surface area contributed by atoms with Crippen molar-refractivity contribution in [3.63, 3.8) is 0 Å². The van der Waals surface area contributed by atoms with E-state index in [4.69, 9.17) is 4.74 Å². The van der Waals surface area contributed by atoms with Crippen molar-refractivity contribution in [3.8, 4) is 0 Å². The van der Waals surface area contributed by atoms with Gasteiger partial charge in [-0.2, -0.15) is 10.2 Å². The SMILES string of the molecule is CCOCC1=NNC(=O)N(/N=C\c2ccc[n+](C)c2)C1. The van der Waals surface area contributed by atoms with Crippen molar-refractivity contribution in [3.05, 3.63) is 30.1 Å². The molecule has 7 nitrogen and oxygen atoms in total. The van der Waals surface area contributed by atoms with Crippen molar-refractivity contribution in [1.82, 2.24) is 10.4 Å². The number of pyridine rings is 1. The highest BCUT2D eigenvalue weighted by atomic mass is 16.5. The van der Waals surface area contributed by atoms with Crippen LogP contribution in [-0.4, -0.2) is 42.7 Å². The van der Waals surface area contributed by atoms with Gasteiger partial charge in [0.25, 0.3) is 0 Å². The molecule has 0 saturated heterocycles. The monoisotopic (exact) mass is 276 g/mol. The number of hydrazone groups is 2. The van der Waals surface area contributed by atoms with E-state index in [0.29, 0.717) is 19.8 Å². The van der Waals surface area contributed by atoms with Crippen LogP contribution in [0.2, 0.25) is 0 Å². The summed E-state index contributed by atoms with van der Waals surface area (Å²) in [5, 5.41) is 9.45. The maximum Gasteiger partial charge on any atom is 0.358 e. The second-order valence-electron chi connectivity index (χ2n) is 4.34. The molecule has 0 spiro atoms. The van der Waals surface area contributed by atoms with Gasteiger partial charge in [-0.15, -0.1) is 0 Å². The molecule has 1 aromatic rings. The first kappa shape index (κ1) is 14.1. The molecule has 106 valence electrons. The maximum absolute atomic E-state index is 11.6. The minimum absolute atomic E-state index is 0.335. The number of rotatable bonds is 5. The smallest absolute Gasteiger partial charge is 0.358 e. The first-order valence-corrected chi connectivity index (χ1v) is 6.39. The zero-order valence-corrected chi connectivity index (χ0v) is 11.6. The van der Waals surface area contributed by atoms with Crippen LogP contribution in [-0.2, 0) is 11.8 Å². The molecule has 20 heavy (non-hydrogen) atoms. The summed E-state index contributed by atoms with van der Waals surface area (Å²) in [5.74, 6) is 0. The summed E-state index contributed by atoms with van der Waals surface area (Å²) in [7, 11) is 1.93. The normalized spacial score (nSPS) is 15.4. The van der Waals surface area contributed by atoms with Crippen LogP contribution in [0.15, 0.2) is 34.7 Å². The third-order valence-electron chi connectivity index (χ3n) is 2.66. The lowest BCUT2D eigenvalue weighted by atomic mass is 10.3. The van der Waals surface area contributed by atoms with E-state index in [9.17, 15) is 4.79 Å². The number of aryl methyl sites for hydroxylation is 1. The summed E-state index contributed by atoms with van der Waals surface area (Å²) >= 11 is 0. The predicted octanol–water partition coefficient (Wildman–Crippen LogP) is 0.263. The molecule has 1 aliphatic heterocycles. The van der Waals surface area contributed by atoms with Gasteiger partial charge in [0.05, 0.1) is 30.6 Å². The Morgan fingerprint density at radius 3 is 3.25 bits per heavy atom. The van der Waals surface area contributed by atoms with Crippen LogP contribution in [0, 0.1) is 0 Å². The summed E-state index contributed by atoms with van der Waals surface area (Å²) in [6, 6.07) is 3.49. The van der Waals surface area contributed by atoms with E-state index in [1.54, 1.807) is 6.21 Å². The number of nitrogens with one attached hydrogen (secondary N) is 1. The lowest BCUT2D eigenvalue weighted by Crippen LogP contribution is -2.44. The Bertz CT molecular complexity index is 541. The fourth-order valence-corrected chi connectivity index (χ4v) is 1.68. The molecule has 0 atom stereocenters. The molecule has 2 rings (SSSR count). The Balaban J connectivity index is 2.01. The van der Waals surface area contributed by atoms with Crippen molar-refractivity contribution < 1.29 is 14.1 Å². The first-order chi connectivity index (χ1) is 9.69. The van der Waals surface area contributed by atoms with Crippen molar-refractivity contribution in [2.45, 2.75) is 6.92 Å². The lowest BCUT2D eigenvalue weighted by Gasteiger charge is -2.21. The van der Waals surface area contributed by atoms with Gasteiger partial charge in [-0.05, 0) is 13.0 Å². The van der Waals surface area contributed by atoms with Crippen LogP contribution in [0.25, 0.3) is 0 Å². The highest BCUT2D eigenvalue weighted by Crippen LogP contribution is 2.00. The van der Waals surface area contributed by atoms with Crippen molar-refractivity contribution in [2.75, 3.05) is 19.8 Å². The maximum atomic E-state index is 11.6. The Hall–Kier alpha value is -2.28. The van der Waals surface area contributed by atoms with Gasteiger partial charge in [-0.3, -0.25) is 0 Å². The number of hydrogen-bond acceptors (Lipinski definition) is 4. The van der Waals surface area contributed by atoms with Gasteiger partial charge in [-0.1, -0.05) is 0 Å². The van der Waals surface area contributed by atoms with E-state index in [-0.39, 0.29) is 6.03 Å². The average Bonchev–Trinajstić information content (AvgIpc) is 2.45. The van der Waals surface area contributed by atoms with Gasteiger partial charge < -0.3 is 4.74 Å². The Morgan fingerprint density at radius 1 is 1.65 bits per heavy atom. The third kappa shape index (κ3) is 3.86. The Morgan fingerprint density at radius 2 is 2.50 bits per heavy atom. The van der Waals surface area contributed by atoms with Crippen LogP contribution >= 0.6 is 0 Å². The molecule has 0 aromatic carbocycles. The second kappa shape index (κ2) is 6.76. The number of carbonyl (C=O) groups excluding carboxylic acids is 1. The quantitative estimate of drug-likeness (QED) is 0.619. The van der Waals surface area contributed by atoms with E-state index in [2.05, 4.69) is 15.6 Å². The predicted molar refractivity (Wildman–Crippen MR) is 74.4 cm³/mol. The number of aromatic nitrogens is 1. The van der Waals surface area contributed by atoms with Gasteiger partial charge in [0.15, 0.2) is 12.4 Å². The lowest BCUT2D eigenvalue weighted by molar-refractivity contribution is -0.671. The zero-order chi connectivity index (χ0) is 14.4. The molecule has 0 unspecified atom stereocenters. The molecule has 1 N–H and O–H groups in total. The summed E-state index contributed by atoms with van der Waals surface area (Å²) in [5.41, 5.74) is 4.07. The minimum Gasteiger partial charge on any atom is -0.376 e. The first-order valence-electron chi connectivity index (χ1n) is 6.39. The molecule has 0 saturated carbocycles. The fraction of sp³-hybridized carbons (Fsp3) is 0.385. The van der Waals surface area contributed by atoms with Crippen molar-refractivity contribution in [1.29, 1.82) is 0 Å². The number of urea groups is 1. The number of ether oxygens (including phenoxy) is 1. The largest absolute Gasteiger partial charge is 0.376 e. The Labute approximate surface area is 117 Å². The molecule has 1 aromatic heterocycles. The van der Waals surface area contributed by atoms with Gasteiger partial charge in [0.2, 0.25) is 0 Å². The average molecular weight is 276 g/mol. The van der Waals surface area contributed by atoms with Gasteiger partial charge in [0, 0.05) is 12.7 Å². The van der Waals surface area contributed by atoms with Crippen molar-refractivity contribution in [2.24, 2.45) is 17.3 Å². The van der Waals surface area contributed by atoms with Gasteiger partial charge in [0.1, 0.15) is 7.05 Å². The topological polar surface area (TPSA) is 70.2 Å². The van der Waals surface area contributed by atoms with Crippen LogP contribution in [0.4, 0.5) is 4.79 Å². The van der Waals surface area contributed by atoms with E-state index in [0.717, 1.165) is 11.3 Å². The van der Waals surface area contributed by atoms with Crippen LogP contribution in [0.5, 0.6) is 0 Å². The van der Waals surface area contributed by atoms with E-state index in [1.165, 1.54) is 5.01 Å². The van der Waals surface area contributed by atoms with E-state index < -0.39 is 0 Å². The van der Waals surface area contributed by atoms with Crippen LogP contribution < -0.4 is 9.99 Å². The molecule has 2 amide bonds. The summed E-state index contributed by atoms with van der Waals surface area (Å²) in [4.78, 5) is 11.6. The van der Waals surface area contributed by atoms with Crippen molar-refractivity contribution >= 4 is 18.0 Å². The highest BCUT2D eigenvalue weighted by molar-refractivity contribution is 5.94. The number of hydrogen-bond donors (Lipinski definition) is 1. The van der Waals surface area contributed by atoms with E-state index >= 15 is 0 Å². The molecular formula is C13H18N5O2+. The molecule has 2 heterocycles. The Kier molecular flexibility index (Phi) is 4.78. The molecule has 0 fully saturated rings. The van der Waals surface area contributed by atoms with Crippen LogP contribution in [0.1, 0.15) is 12.5 Å². The van der Waals surface area contributed by atoms with Crippen LogP contribution in [0.3, 0.4) is 0 Å². The summed E-state index contributed by atoms with van der Waals surface area (Å²) in [6.45, 7) is 3.24. The number of nitrogens with zero attached hydrogens (tertiary/aromatic N) is 4. The number of amides is 2.